The number of esters is 1. The van der Waals surface area contributed by atoms with Gasteiger partial charge in [-0.25, -0.2) is 4.79 Å². The van der Waals surface area contributed by atoms with E-state index in [1.54, 1.807) is 19.1 Å². The number of nitro groups is 1. The molecule has 142 valence electrons. The highest BCUT2D eigenvalue weighted by Crippen LogP contribution is 2.29. The molecule has 6 heteroatoms. The fourth-order valence-corrected chi connectivity index (χ4v) is 3.38. The molecule has 1 aliphatic heterocycles. The number of anilines is 1. The van der Waals surface area contributed by atoms with Crippen molar-refractivity contribution in [2.24, 2.45) is 0 Å². The molecule has 1 aliphatic rings. The number of fused-ring (bicyclic) bond motifs is 1. The molecule has 0 radical (unpaired) electrons. The van der Waals surface area contributed by atoms with Crippen molar-refractivity contribution in [3.63, 3.8) is 0 Å². The van der Waals surface area contributed by atoms with Crippen LogP contribution >= 0.6 is 0 Å². The van der Waals surface area contributed by atoms with Gasteiger partial charge in [0.05, 0.1) is 12.2 Å². The third-order valence-electron chi connectivity index (χ3n) is 4.84. The Labute approximate surface area is 158 Å². The summed E-state index contributed by atoms with van der Waals surface area (Å²) in [6, 6.07) is 14.5. The van der Waals surface area contributed by atoms with Gasteiger partial charge in [-0.2, -0.15) is 0 Å². The Morgan fingerprint density at radius 1 is 1.26 bits per heavy atom. The molecule has 1 unspecified atom stereocenters. The molecule has 0 fully saturated rings. The molecule has 27 heavy (non-hydrogen) atoms. The summed E-state index contributed by atoms with van der Waals surface area (Å²) in [7, 11) is 0. The number of ether oxygens (including phenoxy) is 1. The summed E-state index contributed by atoms with van der Waals surface area (Å²) < 4.78 is 5.33. The van der Waals surface area contributed by atoms with Crippen LogP contribution in [0.1, 0.15) is 34.8 Å². The topological polar surface area (TPSA) is 72.7 Å². The molecule has 0 saturated heterocycles. The predicted octanol–water partition coefficient (Wildman–Crippen LogP) is 3.50. The summed E-state index contributed by atoms with van der Waals surface area (Å²) in [6.45, 7) is 3.77. The molecule has 3 rings (SSSR count). The number of rotatable bonds is 8. The minimum Gasteiger partial charge on any atom is -0.462 e. The van der Waals surface area contributed by atoms with Crippen LogP contribution in [0, 0.1) is 10.1 Å². The lowest BCUT2D eigenvalue weighted by molar-refractivity contribution is -0.517. The van der Waals surface area contributed by atoms with Crippen LogP contribution in [0.15, 0.2) is 48.5 Å². The standard InChI is InChI=1S/C21H24N2O4/c1-16(23(25)26)14-17-8-9-20-19(15-17)10-12-22(20)11-5-13-27-21(24)18-6-3-2-4-7-18/h2-4,6-9,15-16H,5,10-14H2,1H3. The monoisotopic (exact) mass is 368 g/mol. The maximum absolute atomic E-state index is 11.9. The number of carbonyl (C=O) groups excluding carboxylic acids is 1. The Kier molecular flexibility index (Phi) is 6.06. The van der Waals surface area contributed by atoms with Crippen molar-refractivity contribution >= 4 is 11.7 Å². The van der Waals surface area contributed by atoms with Crippen LogP contribution in [0.3, 0.4) is 0 Å². The fourth-order valence-electron chi connectivity index (χ4n) is 3.38. The van der Waals surface area contributed by atoms with Gasteiger partial charge in [0.15, 0.2) is 0 Å². The zero-order chi connectivity index (χ0) is 19.2. The quantitative estimate of drug-likeness (QED) is 0.309. The third kappa shape index (κ3) is 4.84. The van der Waals surface area contributed by atoms with Gasteiger partial charge < -0.3 is 9.64 Å². The zero-order valence-electron chi connectivity index (χ0n) is 15.5. The van der Waals surface area contributed by atoms with Crippen LogP contribution in [-0.4, -0.2) is 36.6 Å². The lowest BCUT2D eigenvalue weighted by Crippen LogP contribution is -2.23. The second-order valence-corrected chi connectivity index (χ2v) is 6.89. The number of nitrogens with zero attached hydrogens (tertiary/aromatic N) is 2. The van der Waals surface area contributed by atoms with Crippen molar-refractivity contribution in [3.8, 4) is 0 Å². The van der Waals surface area contributed by atoms with Crippen molar-refractivity contribution in [3.05, 3.63) is 75.3 Å². The lowest BCUT2D eigenvalue weighted by Gasteiger charge is -2.19. The van der Waals surface area contributed by atoms with Crippen molar-refractivity contribution in [2.45, 2.75) is 32.2 Å². The SMILES string of the molecule is CC(Cc1ccc2c(c1)CCN2CCCOC(=O)c1ccccc1)[N+](=O)[O-]. The zero-order valence-corrected chi connectivity index (χ0v) is 15.5. The van der Waals surface area contributed by atoms with E-state index in [-0.39, 0.29) is 10.9 Å². The van der Waals surface area contributed by atoms with Gasteiger partial charge in [0, 0.05) is 37.0 Å². The molecular weight excluding hydrogens is 344 g/mol. The second kappa shape index (κ2) is 8.66. The van der Waals surface area contributed by atoms with E-state index in [0.717, 1.165) is 31.5 Å². The Balaban J connectivity index is 1.48. The fraction of sp³-hybridized carbons (Fsp3) is 0.381. The van der Waals surface area contributed by atoms with Crippen molar-refractivity contribution in [2.75, 3.05) is 24.6 Å². The van der Waals surface area contributed by atoms with Crippen molar-refractivity contribution in [1.82, 2.24) is 0 Å². The first-order valence-corrected chi connectivity index (χ1v) is 9.27. The number of carbonyl (C=O) groups is 1. The van der Waals surface area contributed by atoms with E-state index in [1.165, 1.54) is 11.3 Å². The van der Waals surface area contributed by atoms with E-state index >= 15 is 0 Å². The van der Waals surface area contributed by atoms with Crippen LogP contribution in [0.4, 0.5) is 5.69 Å². The molecule has 0 spiro atoms. The second-order valence-electron chi connectivity index (χ2n) is 6.89. The number of benzene rings is 2. The number of hydrogen-bond acceptors (Lipinski definition) is 5. The molecule has 0 N–H and O–H groups in total. The Morgan fingerprint density at radius 2 is 2.04 bits per heavy atom. The van der Waals surface area contributed by atoms with Gasteiger partial charge in [-0.3, -0.25) is 10.1 Å². The molecular formula is C21H24N2O4. The molecule has 0 aliphatic carbocycles. The summed E-state index contributed by atoms with van der Waals surface area (Å²) in [6.07, 6.45) is 2.16. The molecule has 0 aromatic heterocycles. The summed E-state index contributed by atoms with van der Waals surface area (Å²) in [4.78, 5) is 24.8. The summed E-state index contributed by atoms with van der Waals surface area (Å²) in [5.74, 6) is -0.290. The third-order valence-corrected chi connectivity index (χ3v) is 4.84. The van der Waals surface area contributed by atoms with E-state index in [9.17, 15) is 14.9 Å². The molecule has 1 atom stereocenters. The van der Waals surface area contributed by atoms with Gasteiger partial charge in [-0.1, -0.05) is 30.3 Å². The van der Waals surface area contributed by atoms with Gasteiger partial charge >= 0.3 is 5.97 Å². The smallest absolute Gasteiger partial charge is 0.338 e. The summed E-state index contributed by atoms with van der Waals surface area (Å²) in [5.41, 5.74) is 4.00. The average Bonchev–Trinajstić information content (AvgIpc) is 3.08. The van der Waals surface area contributed by atoms with Crippen LogP contribution in [0.25, 0.3) is 0 Å². The molecule has 0 amide bonds. The highest BCUT2D eigenvalue weighted by atomic mass is 16.6. The molecule has 2 aromatic rings. The lowest BCUT2D eigenvalue weighted by atomic mass is 10.0. The number of hydrogen-bond donors (Lipinski definition) is 0. The van der Waals surface area contributed by atoms with Gasteiger partial charge in [0.2, 0.25) is 6.04 Å². The molecule has 1 heterocycles. The largest absolute Gasteiger partial charge is 0.462 e. The molecule has 6 nitrogen and oxygen atoms in total. The minimum absolute atomic E-state index is 0.240. The van der Waals surface area contributed by atoms with E-state index in [4.69, 9.17) is 4.74 Å². The predicted molar refractivity (Wildman–Crippen MR) is 104 cm³/mol. The van der Waals surface area contributed by atoms with Crippen LogP contribution in [0.5, 0.6) is 0 Å². The Bertz CT molecular complexity index is 807. The van der Waals surface area contributed by atoms with Crippen LogP contribution in [-0.2, 0) is 17.6 Å². The first-order valence-electron chi connectivity index (χ1n) is 9.27. The van der Waals surface area contributed by atoms with E-state index in [0.29, 0.717) is 18.6 Å². The highest BCUT2D eigenvalue weighted by Gasteiger charge is 2.21. The first-order chi connectivity index (χ1) is 13.0. The van der Waals surface area contributed by atoms with Crippen molar-refractivity contribution < 1.29 is 14.5 Å². The van der Waals surface area contributed by atoms with Gasteiger partial charge in [-0.15, -0.1) is 0 Å². The Morgan fingerprint density at radius 3 is 2.78 bits per heavy atom. The molecule has 0 saturated carbocycles. The molecule has 0 bridgehead atoms. The van der Waals surface area contributed by atoms with E-state index in [2.05, 4.69) is 17.0 Å². The van der Waals surface area contributed by atoms with E-state index in [1.807, 2.05) is 24.3 Å². The molecule has 2 aromatic carbocycles. The van der Waals surface area contributed by atoms with Crippen LogP contribution < -0.4 is 4.90 Å². The van der Waals surface area contributed by atoms with E-state index < -0.39 is 6.04 Å². The summed E-state index contributed by atoms with van der Waals surface area (Å²) in [5, 5.41) is 10.8. The van der Waals surface area contributed by atoms with Gasteiger partial charge in [0.25, 0.3) is 0 Å². The normalized spacial score (nSPS) is 13.9. The maximum Gasteiger partial charge on any atom is 0.338 e. The highest BCUT2D eigenvalue weighted by molar-refractivity contribution is 5.89. The summed E-state index contributed by atoms with van der Waals surface area (Å²) >= 11 is 0. The minimum atomic E-state index is -0.570. The van der Waals surface area contributed by atoms with Gasteiger partial charge in [0.1, 0.15) is 0 Å². The first kappa shape index (κ1) is 18.9. The van der Waals surface area contributed by atoms with Crippen molar-refractivity contribution in [1.29, 1.82) is 0 Å². The maximum atomic E-state index is 11.9. The Hall–Kier alpha value is -2.89. The van der Waals surface area contributed by atoms with Gasteiger partial charge in [-0.05, 0) is 42.2 Å². The van der Waals surface area contributed by atoms with Crippen LogP contribution in [0.2, 0.25) is 0 Å². The average molecular weight is 368 g/mol.